The Morgan fingerprint density at radius 3 is 2.56 bits per heavy atom. The molecule has 1 aromatic heterocycles. The van der Waals surface area contributed by atoms with Crippen molar-refractivity contribution in [1.82, 2.24) is 5.32 Å². The second kappa shape index (κ2) is 7.86. The van der Waals surface area contributed by atoms with E-state index in [0.29, 0.717) is 0 Å². The molecule has 0 aromatic carbocycles. The number of rotatable bonds is 8. The van der Waals surface area contributed by atoms with Crippen molar-refractivity contribution in [2.24, 2.45) is 5.92 Å². The van der Waals surface area contributed by atoms with E-state index >= 15 is 0 Å². The molecule has 0 radical (unpaired) electrons. The fourth-order valence-corrected chi connectivity index (χ4v) is 2.69. The van der Waals surface area contributed by atoms with E-state index in [9.17, 15) is 0 Å². The van der Waals surface area contributed by atoms with Gasteiger partial charge in [0.25, 0.3) is 0 Å². The van der Waals surface area contributed by atoms with Crippen LogP contribution in [0, 0.1) is 5.92 Å². The fraction of sp³-hybridized carbons (Fsp3) is 0.714. The second-order valence-electron chi connectivity index (χ2n) is 4.78. The van der Waals surface area contributed by atoms with Crippen LogP contribution in [0.3, 0.4) is 0 Å². The zero-order valence-electron chi connectivity index (χ0n) is 10.9. The molecule has 1 heterocycles. The van der Waals surface area contributed by atoms with Crippen molar-refractivity contribution in [3.8, 4) is 0 Å². The van der Waals surface area contributed by atoms with E-state index in [1.165, 1.54) is 37.1 Å². The quantitative estimate of drug-likeness (QED) is 0.679. The number of thiophene rings is 1. The third-order valence-corrected chi connectivity index (χ3v) is 3.93. The maximum absolute atomic E-state index is 3.49. The Labute approximate surface area is 104 Å². The predicted molar refractivity (Wildman–Crippen MR) is 74.3 cm³/mol. The van der Waals surface area contributed by atoms with E-state index in [1.807, 2.05) is 11.3 Å². The van der Waals surface area contributed by atoms with Gasteiger partial charge in [-0.2, -0.15) is 0 Å². The summed E-state index contributed by atoms with van der Waals surface area (Å²) in [5.74, 6) is 0.768. The van der Waals surface area contributed by atoms with E-state index in [1.54, 1.807) is 4.88 Å². The largest absolute Gasteiger partial charge is 0.316 e. The molecule has 0 aliphatic rings. The van der Waals surface area contributed by atoms with Crippen LogP contribution >= 0.6 is 11.3 Å². The molecular formula is C14H25NS. The van der Waals surface area contributed by atoms with E-state index in [4.69, 9.17) is 0 Å². The van der Waals surface area contributed by atoms with E-state index in [2.05, 4.69) is 38.2 Å². The minimum atomic E-state index is 0.768. The van der Waals surface area contributed by atoms with E-state index in [0.717, 1.165) is 12.5 Å². The van der Waals surface area contributed by atoms with Gasteiger partial charge in [0.15, 0.2) is 0 Å². The Morgan fingerprint density at radius 2 is 1.94 bits per heavy atom. The molecule has 0 aliphatic heterocycles. The molecule has 2 heteroatoms. The lowest BCUT2D eigenvalue weighted by atomic mass is 10.2. The van der Waals surface area contributed by atoms with Crippen LogP contribution in [0.15, 0.2) is 12.1 Å². The van der Waals surface area contributed by atoms with E-state index in [-0.39, 0.29) is 0 Å². The fourth-order valence-electron chi connectivity index (χ4n) is 1.69. The van der Waals surface area contributed by atoms with Crippen LogP contribution in [-0.4, -0.2) is 13.1 Å². The Hall–Kier alpha value is -0.340. The normalized spacial score (nSPS) is 11.2. The van der Waals surface area contributed by atoms with Crippen molar-refractivity contribution >= 4 is 11.3 Å². The summed E-state index contributed by atoms with van der Waals surface area (Å²) in [6.45, 7) is 9.06. The summed E-state index contributed by atoms with van der Waals surface area (Å²) < 4.78 is 0. The minimum absolute atomic E-state index is 0.768. The number of hydrogen-bond acceptors (Lipinski definition) is 2. The maximum Gasteiger partial charge on any atom is 0.00481 e. The van der Waals surface area contributed by atoms with Gasteiger partial charge in [0.2, 0.25) is 0 Å². The van der Waals surface area contributed by atoms with Crippen LogP contribution in [0.2, 0.25) is 0 Å². The van der Waals surface area contributed by atoms with Gasteiger partial charge in [0.1, 0.15) is 0 Å². The van der Waals surface area contributed by atoms with E-state index < -0.39 is 0 Å². The van der Waals surface area contributed by atoms with Crippen molar-refractivity contribution in [2.75, 3.05) is 13.1 Å². The standard InChI is InChI=1S/C14H25NS/c1-4-13-8-9-14(16-13)7-5-6-10-15-11-12(2)3/h8-9,12,15H,4-7,10-11H2,1-3H3. The highest BCUT2D eigenvalue weighted by Crippen LogP contribution is 2.18. The van der Waals surface area contributed by atoms with Gasteiger partial charge in [-0.05, 0) is 56.8 Å². The summed E-state index contributed by atoms with van der Waals surface area (Å²) in [6.07, 6.45) is 5.05. The van der Waals surface area contributed by atoms with Crippen molar-refractivity contribution in [1.29, 1.82) is 0 Å². The number of nitrogens with one attached hydrogen (secondary N) is 1. The average molecular weight is 239 g/mol. The highest BCUT2D eigenvalue weighted by atomic mass is 32.1. The van der Waals surface area contributed by atoms with Crippen LogP contribution < -0.4 is 5.32 Å². The molecule has 1 aromatic rings. The van der Waals surface area contributed by atoms with Crippen molar-refractivity contribution < 1.29 is 0 Å². The van der Waals surface area contributed by atoms with Gasteiger partial charge in [0, 0.05) is 9.75 Å². The summed E-state index contributed by atoms with van der Waals surface area (Å²) >= 11 is 1.98. The number of aryl methyl sites for hydroxylation is 2. The minimum Gasteiger partial charge on any atom is -0.316 e. The molecule has 0 aliphatic carbocycles. The maximum atomic E-state index is 3.49. The van der Waals surface area contributed by atoms with Crippen LogP contribution in [0.5, 0.6) is 0 Å². The molecule has 92 valence electrons. The second-order valence-corrected chi connectivity index (χ2v) is 6.03. The lowest BCUT2D eigenvalue weighted by Crippen LogP contribution is -2.20. The summed E-state index contributed by atoms with van der Waals surface area (Å²) in [5.41, 5.74) is 0. The van der Waals surface area contributed by atoms with Crippen LogP contribution in [0.4, 0.5) is 0 Å². The molecule has 0 saturated carbocycles. The molecule has 0 fully saturated rings. The van der Waals surface area contributed by atoms with Gasteiger partial charge < -0.3 is 5.32 Å². The smallest absolute Gasteiger partial charge is 0.00481 e. The highest BCUT2D eigenvalue weighted by Gasteiger charge is 1.98. The summed E-state index contributed by atoms with van der Waals surface area (Å²) in [5, 5.41) is 3.49. The van der Waals surface area contributed by atoms with Gasteiger partial charge in [-0.15, -0.1) is 11.3 Å². The Bertz CT molecular complexity index is 278. The Balaban J connectivity index is 2.02. The topological polar surface area (TPSA) is 12.0 Å². The molecule has 0 amide bonds. The summed E-state index contributed by atoms with van der Waals surface area (Å²) in [4.78, 5) is 3.08. The first-order chi connectivity index (χ1) is 7.72. The first-order valence-electron chi connectivity index (χ1n) is 6.50. The van der Waals surface area contributed by atoms with Crippen molar-refractivity contribution in [2.45, 2.75) is 46.5 Å². The molecule has 0 unspecified atom stereocenters. The van der Waals surface area contributed by atoms with Gasteiger partial charge in [-0.1, -0.05) is 20.8 Å². The summed E-state index contributed by atoms with van der Waals surface area (Å²) in [6, 6.07) is 4.57. The molecule has 0 saturated heterocycles. The molecule has 1 N–H and O–H groups in total. The van der Waals surface area contributed by atoms with Gasteiger partial charge in [-0.25, -0.2) is 0 Å². The third kappa shape index (κ3) is 5.66. The molecule has 16 heavy (non-hydrogen) atoms. The van der Waals surface area contributed by atoms with Crippen molar-refractivity contribution in [3.05, 3.63) is 21.9 Å². The first-order valence-corrected chi connectivity index (χ1v) is 7.32. The van der Waals surface area contributed by atoms with Crippen LogP contribution in [-0.2, 0) is 12.8 Å². The molecule has 0 bridgehead atoms. The lowest BCUT2D eigenvalue weighted by Gasteiger charge is -2.06. The average Bonchev–Trinajstić information content (AvgIpc) is 2.70. The number of unbranched alkanes of at least 4 members (excludes halogenated alkanes) is 1. The van der Waals surface area contributed by atoms with Crippen LogP contribution in [0.25, 0.3) is 0 Å². The molecule has 1 nitrogen and oxygen atoms in total. The molecule has 1 rings (SSSR count). The van der Waals surface area contributed by atoms with Crippen LogP contribution in [0.1, 0.15) is 43.4 Å². The molecule has 0 atom stereocenters. The van der Waals surface area contributed by atoms with Gasteiger partial charge in [-0.3, -0.25) is 0 Å². The van der Waals surface area contributed by atoms with Crippen molar-refractivity contribution in [3.63, 3.8) is 0 Å². The highest BCUT2D eigenvalue weighted by molar-refractivity contribution is 7.11. The predicted octanol–water partition coefficient (Wildman–Crippen LogP) is 3.88. The van der Waals surface area contributed by atoms with Gasteiger partial charge >= 0.3 is 0 Å². The lowest BCUT2D eigenvalue weighted by molar-refractivity contribution is 0.536. The molecule has 0 spiro atoms. The first kappa shape index (κ1) is 13.7. The summed E-state index contributed by atoms with van der Waals surface area (Å²) in [7, 11) is 0. The third-order valence-electron chi connectivity index (χ3n) is 2.65. The SMILES string of the molecule is CCc1ccc(CCCCNCC(C)C)s1. The molecular weight excluding hydrogens is 214 g/mol. The zero-order chi connectivity index (χ0) is 11.8. The van der Waals surface area contributed by atoms with Gasteiger partial charge in [0.05, 0.1) is 0 Å². The monoisotopic (exact) mass is 239 g/mol. The zero-order valence-corrected chi connectivity index (χ0v) is 11.7. The Morgan fingerprint density at radius 1 is 1.19 bits per heavy atom. The Kier molecular flexibility index (Phi) is 6.74. The number of hydrogen-bond donors (Lipinski definition) is 1.